The Morgan fingerprint density at radius 2 is 1.73 bits per heavy atom. The van der Waals surface area contributed by atoms with Gasteiger partial charge in [-0.05, 0) is 29.2 Å². The molecular weight excluding hydrogens is 330 g/mol. The van der Waals surface area contributed by atoms with Crippen LogP contribution in [0.1, 0.15) is 46.5 Å². The van der Waals surface area contributed by atoms with Gasteiger partial charge < -0.3 is 20.6 Å². The van der Waals surface area contributed by atoms with E-state index < -0.39 is 12.1 Å². The maximum absolute atomic E-state index is 12.7. The van der Waals surface area contributed by atoms with Crippen LogP contribution in [0.2, 0.25) is 0 Å². The van der Waals surface area contributed by atoms with Crippen LogP contribution in [0, 0.1) is 0 Å². The standard InChI is InChI=1S/C20H19N3O3/c1-11(24)17(21)20-22-16(10-26-20)19(25)23-18-14-8-4-2-6-12(14)13-7-3-5-9-15(13)18/h2-11,17-18,24H,21H2,1H3,(H,23,25). The number of fused-ring (bicyclic) bond motifs is 3. The Labute approximate surface area is 150 Å². The molecule has 6 heteroatoms. The lowest BCUT2D eigenvalue weighted by Crippen LogP contribution is -2.29. The Bertz CT molecular complexity index is 919. The molecule has 2 unspecified atom stereocenters. The van der Waals surface area contributed by atoms with Gasteiger partial charge in [0.1, 0.15) is 12.3 Å². The topological polar surface area (TPSA) is 101 Å². The largest absolute Gasteiger partial charge is 0.446 e. The van der Waals surface area contributed by atoms with Gasteiger partial charge in [0.15, 0.2) is 5.69 Å². The number of nitrogens with one attached hydrogen (secondary N) is 1. The molecule has 6 nitrogen and oxygen atoms in total. The van der Waals surface area contributed by atoms with E-state index >= 15 is 0 Å². The number of aromatic nitrogens is 1. The van der Waals surface area contributed by atoms with Crippen molar-refractivity contribution in [2.45, 2.75) is 25.1 Å². The van der Waals surface area contributed by atoms with Gasteiger partial charge in [0.05, 0.1) is 12.1 Å². The Morgan fingerprint density at radius 1 is 1.15 bits per heavy atom. The lowest BCUT2D eigenvalue weighted by atomic mass is 10.1. The number of oxazole rings is 1. The van der Waals surface area contributed by atoms with E-state index in [2.05, 4.69) is 22.4 Å². The predicted molar refractivity (Wildman–Crippen MR) is 96.3 cm³/mol. The van der Waals surface area contributed by atoms with Gasteiger partial charge in [0.2, 0.25) is 5.89 Å². The van der Waals surface area contributed by atoms with Crippen LogP contribution in [0.25, 0.3) is 11.1 Å². The first kappa shape index (κ1) is 16.5. The highest BCUT2D eigenvalue weighted by Crippen LogP contribution is 2.43. The third-order valence-electron chi connectivity index (χ3n) is 4.67. The number of carbonyl (C=O) groups is 1. The number of benzene rings is 2. The molecule has 132 valence electrons. The second-order valence-electron chi connectivity index (χ2n) is 6.42. The van der Waals surface area contributed by atoms with Crippen molar-refractivity contribution in [1.29, 1.82) is 0 Å². The Balaban J connectivity index is 1.62. The summed E-state index contributed by atoms with van der Waals surface area (Å²) in [5.41, 5.74) is 10.3. The number of aliphatic hydroxyl groups is 1. The van der Waals surface area contributed by atoms with Crippen LogP contribution in [0.4, 0.5) is 0 Å². The van der Waals surface area contributed by atoms with E-state index in [0.717, 1.165) is 22.3 Å². The quantitative estimate of drug-likeness (QED) is 0.672. The van der Waals surface area contributed by atoms with Crippen LogP contribution in [0.5, 0.6) is 0 Å². The average Bonchev–Trinajstić information content (AvgIpc) is 3.26. The van der Waals surface area contributed by atoms with Crippen LogP contribution < -0.4 is 11.1 Å². The minimum absolute atomic E-state index is 0.136. The molecule has 26 heavy (non-hydrogen) atoms. The minimum atomic E-state index is -0.821. The van der Waals surface area contributed by atoms with Crippen LogP contribution in [0.3, 0.4) is 0 Å². The Hall–Kier alpha value is -2.96. The number of nitrogens with zero attached hydrogens (tertiary/aromatic N) is 1. The maximum atomic E-state index is 12.7. The number of nitrogens with two attached hydrogens (primary N) is 1. The van der Waals surface area contributed by atoms with Crippen LogP contribution in [-0.4, -0.2) is 22.1 Å². The molecule has 0 saturated carbocycles. The van der Waals surface area contributed by atoms with Crippen molar-refractivity contribution in [1.82, 2.24) is 10.3 Å². The third-order valence-corrected chi connectivity index (χ3v) is 4.67. The smallest absolute Gasteiger partial charge is 0.273 e. The van der Waals surface area contributed by atoms with Gasteiger partial charge in [0.25, 0.3) is 5.91 Å². The zero-order chi connectivity index (χ0) is 18.3. The molecule has 2 atom stereocenters. The van der Waals surface area contributed by atoms with Crippen molar-refractivity contribution in [2.24, 2.45) is 5.73 Å². The van der Waals surface area contributed by atoms with Gasteiger partial charge in [-0.1, -0.05) is 48.5 Å². The second kappa shape index (κ2) is 6.40. The highest BCUT2D eigenvalue weighted by atomic mass is 16.3. The van der Waals surface area contributed by atoms with E-state index in [1.807, 2.05) is 36.4 Å². The zero-order valence-electron chi connectivity index (χ0n) is 14.2. The molecule has 3 aromatic rings. The summed E-state index contributed by atoms with van der Waals surface area (Å²) in [6.45, 7) is 1.54. The normalized spacial score (nSPS) is 15.2. The molecule has 2 aromatic carbocycles. The summed E-state index contributed by atoms with van der Waals surface area (Å²) < 4.78 is 5.26. The van der Waals surface area contributed by atoms with Crippen molar-refractivity contribution >= 4 is 5.91 Å². The number of amides is 1. The number of rotatable bonds is 4. The van der Waals surface area contributed by atoms with E-state index in [4.69, 9.17) is 10.2 Å². The Kier molecular flexibility index (Phi) is 4.06. The van der Waals surface area contributed by atoms with Gasteiger partial charge >= 0.3 is 0 Å². The van der Waals surface area contributed by atoms with Gasteiger partial charge in [-0.2, -0.15) is 0 Å². The molecule has 1 aliphatic carbocycles. The summed E-state index contributed by atoms with van der Waals surface area (Å²) in [6, 6.07) is 15.0. The van der Waals surface area contributed by atoms with Crippen molar-refractivity contribution in [3.63, 3.8) is 0 Å². The first-order valence-electron chi connectivity index (χ1n) is 8.44. The summed E-state index contributed by atoms with van der Waals surface area (Å²) in [7, 11) is 0. The molecule has 1 aromatic heterocycles. The van der Waals surface area contributed by atoms with E-state index in [9.17, 15) is 9.90 Å². The van der Waals surface area contributed by atoms with Crippen LogP contribution in [-0.2, 0) is 0 Å². The molecule has 1 heterocycles. The SMILES string of the molecule is CC(O)C(N)c1nc(C(=O)NC2c3ccccc3-c3ccccc32)co1. The summed E-state index contributed by atoms with van der Waals surface area (Å²) in [6.07, 6.45) is 0.442. The van der Waals surface area contributed by atoms with E-state index in [0.29, 0.717) is 0 Å². The third kappa shape index (κ3) is 2.69. The summed E-state index contributed by atoms with van der Waals surface area (Å²) in [5, 5.41) is 12.6. The molecule has 0 radical (unpaired) electrons. The lowest BCUT2D eigenvalue weighted by molar-refractivity contribution is 0.0938. The average molecular weight is 349 g/mol. The fraction of sp³-hybridized carbons (Fsp3) is 0.200. The molecule has 0 aliphatic heterocycles. The predicted octanol–water partition coefficient (Wildman–Crippen LogP) is 2.56. The number of aliphatic hydroxyl groups excluding tert-OH is 1. The second-order valence-corrected chi connectivity index (χ2v) is 6.42. The number of carbonyl (C=O) groups excluding carboxylic acids is 1. The number of hydrogen-bond acceptors (Lipinski definition) is 5. The molecule has 0 spiro atoms. The van der Waals surface area contributed by atoms with Crippen molar-refractivity contribution < 1.29 is 14.3 Å². The summed E-state index contributed by atoms with van der Waals surface area (Å²) >= 11 is 0. The fourth-order valence-corrected chi connectivity index (χ4v) is 3.27. The lowest BCUT2D eigenvalue weighted by Gasteiger charge is -2.15. The Morgan fingerprint density at radius 3 is 2.31 bits per heavy atom. The van der Waals surface area contributed by atoms with Crippen molar-refractivity contribution in [2.75, 3.05) is 0 Å². The number of hydrogen-bond donors (Lipinski definition) is 3. The first-order valence-corrected chi connectivity index (χ1v) is 8.44. The van der Waals surface area contributed by atoms with Gasteiger partial charge in [0, 0.05) is 0 Å². The summed E-state index contributed by atoms with van der Waals surface area (Å²) in [5.74, 6) is -0.216. The molecule has 1 aliphatic rings. The maximum Gasteiger partial charge on any atom is 0.273 e. The summed E-state index contributed by atoms with van der Waals surface area (Å²) in [4.78, 5) is 16.8. The van der Waals surface area contributed by atoms with E-state index in [-0.39, 0.29) is 23.5 Å². The van der Waals surface area contributed by atoms with Gasteiger partial charge in [-0.25, -0.2) is 4.98 Å². The van der Waals surface area contributed by atoms with Crippen LogP contribution in [0.15, 0.2) is 59.2 Å². The first-order chi connectivity index (χ1) is 12.6. The zero-order valence-corrected chi connectivity index (χ0v) is 14.2. The van der Waals surface area contributed by atoms with Gasteiger partial charge in [-0.15, -0.1) is 0 Å². The fourth-order valence-electron chi connectivity index (χ4n) is 3.27. The highest BCUT2D eigenvalue weighted by molar-refractivity contribution is 5.93. The van der Waals surface area contributed by atoms with E-state index in [1.165, 1.54) is 6.26 Å². The van der Waals surface area contributed by atoms with Crippen molar-refractivity contribution in [3.8, 4) is 11.1 Å². The van der Waals surface area contributed by atoms with E-state index in [1.54, 1.807) is 6.92 Å². The van der Waals surface area contributed by atoms with Crippen molar-refractivity contribution in [3.05, 3.63) is 77.5 Å². The molecule has 0 saturated heterocycles. The molecule has 4 N–H and O–H groups in total. The molecule has 1 amide bonds. The highest BCUT2D eigenvalue weighted by Gasteiger charge is 2.30. The monoisotopic (exact) mass is 349 g/mol. The van der Waals surface area contributed by atoms with Crippen LogP contribution >= 0.6 is 0 Å². The molecule has 4 rings (SSSR count). The molecular formula is C20H19N3O3. The molecule has 0 bridgehead atoms. The minimum Gasteiger partial charge on any atom is -0.446 e. The van der Waals surface area contributed by atoms with Gasteiger partial charge in [-0.3, -0.25) is 4.79 Å². The molecule has 0 fully saturated rings.